The van der Waals surface area contributed by atoms with E-state index in [9.17, 15) is 19.0 Å². The zero-order valence-corrected chi connectivity index (χ0v) is 30.9. The second-order valence-corrected chi connectivity index (χ2v) is 13.9. The Labute approximate surface area is 287 Å². The number of phosphoric acid groups is 1. The van der Waals surface area contributed by atoms with E-state index in [1.54, 1.807) is 0 Å². The van der Waals surface area contributed by atoms with Crippen molar-refractivity contribution in [3.05, 3.63) is 24.3 Å². The summed E-state index contributed by atoms with van der Waals surface area (Å²) in [5.74, 6) is -0.845. The van der Waals surface area contributed by atoms with Gasteiger partial charge in [0.25, 0.3) is 0 Å². The predicted molar refractivity (Wildman–Crippen MR) is 192 cm³/mol. The lowest BCUT2D eigenvalue weighted by Gasteiger charge is -2.19. The maximum absolute atomic E-state index is 12.5. The fraction of sp³-hybridized carbons (Fsp3) is 0.838. The quantitative estimate of drug-likeness (QED) is 0.0289. The van der Waals surface area contributed by atoms with Crippen LogP contribution in [0.1, 0.15) is 168 Å². The molecular formula is C37H70NO8P. The molecule has 0 spiro atoms. The number of ether oxygens (including phenoxy) is 2. The molecule has 0 aliphatic carbocycles. The van der Waals surface area contributed by atoms with Gasteiger partial charge < -0.3 is 20.1 Å². The van der Waals surface area contributed by atoms with Crippen LogP contribution in [0.15, 0.2) is 24.3 Å². The van der Waals surface area contributed by atoms with Crippen molar-refractivity contribution < 1.29 is 37.6 Å². The Bertz CT molecular complexity index is 835. The Balaban J connectivity index is 4.26. The van der Waals surface area contributed by atoms with Crippen molar-refractivity contribution in [2.24, 2.45) is 5.73 Å². The van der Waals surface area contributed by atoms with Gasteiger partial charge in [-0.1, -0.05) is 141 Å². The summed E-state index contributed by atoms with van der Waals surface area (Å²) in [5, 5.41) is 0. The van der Waals surface area contributed by atoms with E-state index in [1.165, 1.54) is 77.0 Å². The van der Waals surface area contributed by atoms with Gasteiger partial charge in [-0.3, -0.25) is 18.6 Å². The first kappa shape index (κ1) is 45.5. The summed E-state index contributed by atoms with van der Waals surface area (Å²) in [6.07, 6.45) is 33.5. The molecule has 0 aromatic heterocycles. The molecule has 9 nitrogen and oxygen atoms in total. The fourth-order valence-corrected chi connectivity index (χ4v) is 5.80. The summed E-state index contributed by atoms with van der Waals surface area (Å²) >= 11 is 0. The first-order chi connectivity index (χ1) is 22.8. The Morgan fingerprint density at radius 2 is 1.09 bits per heavy atom. The second kappa shape index (κ2) is 34.4. The number of phosphoric ester groups is 1. The van der Waals surface area contributed by atoms with Crippen molar-refractivity contribution in [2.75, 3.05) is 26.4 Å². The molecular weight excluding hydrogens is 617 g/mol. The number of carbonyl (C=O) groups excluding carboxylic acids is 2. The van der Waals surface area contributed by atoms with Crippen LogP contribution in [0.5, 0.6) is 0 Å². The van der Waals surface area contributed by atoms with E-state index in [4.69, 9.17) is 24.3 Å². The van der Waals surface area contributed by atoms with Crippen molar-refractivity contribution in [1.29, 1.82) is 0 Å². The number of rotatable bonds is 35. The second-order valence-electron chi connectivity index (χ2n) is 12.5. The third-order valence-electron chi connectivity index (χ3n) is 7.87. The van der Waals surface area contributed by atoms with E-state index < -0.39 is 26.5 Å². The molecule has 2 atom stereocenters. The highest BCUT2D eigenvalue weighted by Gasteiger charge is 2.25. The molecule has 276 valence electrons. The maximum atomic E-state index is 12.5. The molecule has 0 aromatic rings. The number of carbonyl (C=O) groups is 2. The Hall–Kier alpha value is -1.51. The number of hydrogen-bond donors (Lipinski definition) is 2. The molecule has 0 heterocycles. The van der Waals surface area contributed by atoms with Gasteiger partial charge in [0.05, 0.1) is 13.2 Å². The summed E-state index contributed by atoms with van der Waals surface area (Å²) in [5.41, 5.74) is 5.32. The average molecular weight is 688 g/mol. The minimum atomic E-state index is -4.37. The van der Waals surface area contributed by atoms with E-state index in [0.29, 0.717) is 6.42 Å². The molecule has 0 fully saturated rings. The van der Waals surface area contributed by atoms with Gasteiger partial charge in [-0.2, -0.15) is 0 Å². The molecule has 0 aliphatic heterocycles. The molecule has 47 heavy (non-hydrogen) atoms. The molecule has 0 saturated heterocycles. The monoisotopic (exact) mass is 687 g/mol. The molecule has 0 amide bonds. The van der Waals surface area contributed by atoms with Crippen LogP contribution in [-0.4, -0.2) is 49.3 Å². The van der Waals surface area contributed by atoms with Gasteiger partial charge in [-0.15, -0.1) is 0 Å². The predicted octanol–water partition coefficient (Wildman–Crippen LogP) is 10.0. The number of esters is 2. The third kappa shape index (κ3) is 34.2. The summed E-state index contributed by atoms with van der Waals surface area (Å²) < 4.78 is 32.6. The number of allylic oxidation sites excluding steroid dienone is 4. The smallest absolute Gasteiger partial charge is 0.462 e. The molecule has 0 bridgehead atoms. The van der Waals surface area contributed by atoms with Gasteiger partial charge in [-0.05, 0) is 38.5 Å². The minimum Gasteiger partial charge on any atom is -0.462 e. The maximum Gasteiger partial charge on any atom is 0.472 e. The van der Waals surface area contributed by atoms with E-state index in [0.717, 1.165) is 57.8 Å². The summed E-state index contributed by atoms with van der Waals surface area (Å²) in [7, 11) is -4.37. The van der Waals surface area contributed by atoms with Crippen molar-refractivity contribution >= 4 is 19.8 Å². The lowest BCUT2D eigenvalue weighted by atomic mass is 10.1. The van der Waals surface area contributed by atoms with Gasteiger partial charge in [0, 0.05) is 19.4 Å². The fourth-order valence-electron chi connectivity index (χ4n) is 5.04. The number of unbranched alkanes of at least 4 members (excludes halogenated alkanes) is 19. The van der Waals surface area contributed by atoms with Crippen LogP contribution in [0.25, 0.3) is 0 Å². The molecule has 3 N–H and O–H groups in total. The molecule has 1 unspecified atom stereocenters. The van der Waals surface area contributed by atoms with E-state index in [2.05, 4.69) is 38.2 Å². The molecule has 0 saturated carbocycles. The molecule has 10 heteroatoms. The average Bonchev–Trinajstić information content (AvgIpc) is 3.05. The topological polar surface area (TPSA) is 134 Å². The van der Waals surface area contributed by atoms with Gasteiger partial charge in [-0.25, -0.2) is 4.57 Å². The van der Waals surface area contributed by atoms with Gasteiger partial charge in [0.15, 0.2) is 6.10 Å². The van der Waals surface area contributed by atoms with Crippen molar-refractivity contribution in [1.82, 2.24) is 0 Å². The van der Waals surface area contributed by atoms with Crippen LogP contribution in [0.3, 0.4) is 0 Å². The summed E-state index contributed by atoms with van der Waals surface area (Å²) in [6.45, 7) is 3.67. The van der Waals surface area contributed by atoms with Gasteiger partial charge in [0.1, 0.15) is 6.61 Å². The normalized spacial score (nSPS) is 13.7. The SMILES string of the molecule is CCCCCC/C=C/C=C/CCCCCCCC(=O)O[C@H](COC(=O)CCCCCCCCCCCCC)COP(=O)(O)OCCN. The highest BCUT2D eigenvalue weighted by atomic mass is 31.2. The number of hydrogen-bond acceptors (Lipinski definition) is 8. The van der Waals surface area contributed by atoms with Crippen LogP contribution < -0.4 is 5.73 Å². The molecule has 0 aromatic carbocycles. The van der Waals surface area contributed by atoms with Gasteiger partial charge >= 0.3 is 19.8 Å². The highest BCUT2D eigenvalue weighted by Crippen LogP contribution is 2.43. The zero-order valence-electron chi connectivity index (χ0n) is 30.0. The third-order valence-corrected chi connectivity index (χ3v) is 8.85. The van der Waals surface area contributed by atoms with Crippen molar-refractivity contribution in [3.63, 3.8) is 0 Å². The lowest BCUT2D eigenvalue weighted by Crippen LogP contribution is -2.29. The van der Waals surface area contributed by atoms with Crippen molar-refractivity contribution in [2.45, 2.75) is 174 Å². The standard InChI is InChI=1S/C37H70NO8P/c1-3-5-7-9-11-13-15-16-17-18-20-22-24-26-28-30-37(40)46-35(34-45-47(41,42)44-32-31-38)33-43-36(39)29-27-25-23-21-19-14-12-10-8-6-4-2/h13,15-17,35H,3-12,14,18-34,38H2,1-2H3,(H,41,42)/b15-13+,17-16+/t35-/m1/s1. The molecule has 0 radical (unpaired) electrons. The lowest BCUT2D eigenvalue weighted by molar-refractivity contribution is -0.161. The Kier molecular flexibility index (Phi) is 33.3. The van der Waals surface area contributed by atoms with Crippen LogP contribution in [-0.2, 0) is 32.7 Å². The highest BCUT2D eigenvalue weighted by molar-refractivity contribution is 7.47. The first-order valence-electron chi connectivity index (χ1n) is 18.8. The van der Waals surface area contributed by atoms with E-state index in [-0.39, 0.29) is 38.6 Å². The summed E-state index contributed by atoms with van der Waals surface area (Å²) in [6, 6.07) is 0. The Morgan fingerprint density at radius 1 is 0.638 bits per heavy atom. The van der Waals surface area contributed by atoms with Gasteiger partial charge in [0.2, 0.25) is 0 Å². The van der Waals surface area contributed by atoms with E-state index >= 15 is 0 Å². The zero-order chi connectivity index (χ0) is 34.7. The minimum absolute atomic E-state index is 0.0519. The largest absolute Gasteiger partial charge is 0.472 e. The van der Waals surface area contributed by atoms with Crippen LogP contribution in [0.4, 0.5) is 0 Å². The Morgan fingerprint density at radius 3 is 1.60 bits per heavy atom. The van der Waals surface area contributed by atoms with E-state index in [1.807, 2.05) is 0 Å². The molecule has 0 aliphatic rings. The van der Waals surface area contributed by atoms with Crippen LogP contribution in [0, 0.1) is 0 Å². The summed E-state index contributed by atoms with van der Waals surface area (Å²) in [4.78, 5) is 34.6. The first-order valence-corrected chi connectivity index (χ1v) is 20.3. The van der Waals surface area contributed by atoms with Crippen molar-refractivity contribution in [3.8, 4) is 0 Å². The number of nitrogens with two attached hydrogens (primary N) is 1. The van der Waals surface area contributed by atoms with Crippen LogP contribution >= 0.6 is 7.82 Å². The molecule has 0 rings (SSSR count). The van der Waals surface area contributed by atoms with Crippen LogP contribution in [0.2, 0.25) is 0 Å².